The molecule has 2 aromatic carbocycles. The van der Waals surface area contributed by atoms with E-state index in [-0.39, 0.29) is 17.2 Å². The van der Waals surface area contributed by atoms with E-state index in [4.69, 9.17) is 11.6 Å². The molecule has 1 aliphatic rings. The maximum Gasteiger partial charge on any atom is 0.251 e. The van der Waals surface area contributed by atoms with Crippen molar-refractivity contribution in [3.8, 4) is 0 Å². The third-order valence-corrected chi connectivity index (χ3v) is 8.13. The van der Waals surface area contributed by atoms with Gasteiger partial charge in [0.25, 0.3) is 5.56 Å². The molecule has 0 atom stereocenters. The van der Waals surface area contributed by atoms with Crippen LogP contribution in [0.1, 0.15) is 43.2 Å². The summed E-state index contributed by atoms with van der Waals surface area (Å²) in [5.41, 5.74) is 5.50. The molecule has 0 aliphatic carbocycles. The number of H-pyrrole nitrogens is 1. The molecule has 35 heavy (non-hydrogen) atoms. The standard InChI is InChI=1S/C27H28ClN3O2S2/c1-16-10-22-18(3)13-27(4,5)31(23(22)11-17(16)2)25(33)15-35-26-29-20(12-24(32)30-26)14-34-21-8-6-19(28)7-9-21/h6-13H,14-15H2,1-5H3,(H,29,30,32). The van der Waals surface area contributed by atoms with Crippen LogP contribution in [0, 0.1) is 13.8 Å². The zero-order chi connectivity index (χ0) is 25.3. The van der Waals surface area contributed by atoms with Gasteiger partial charge in [0.15, 0.2) is 5.16 Å². The topological polar surface area (TPSA) is 66.1 Å². The van der Waals surface area contributed by atoms with Gasteiger partial charge in [-0.15, -0.1) is 11.8 Å². The number of fused-ring (bicyclic) bond motifs is 1. The Morgan fingerprint density at radius 2 is 1.74 bits per heavy atom. The van der Waals surface area contributed by atoms with Crippen molar-refractivity contribution < 1.29 is 4.79 Å². The molecular formula is C27H28ClN3O2S2. The van der Waals surface area contributed by atoms with Crippen LogP contribution < -0.4 is 10.5 Å². The smallest absolute Gasteiger partial charge is 0.251 e. The number of aryl methyl sites for hydroxylation is 2. The zero-order valence-electron chi connectivity index (χ0n) is 20.4. The summed E-state index contributed by atoms with van der Waals surface area (Å²) in [6.45, 7) is 10.3. The Kier molecular flexibility index (Phi) is 7.50. The Morgan fingerprint density at radius 3 is 2.46 bits per heavy atom. The first kappa shape index (κ1) is 25.6. The molecule has 0 fully saturated rings. The normalized spacial score (nSPS) is 14.5. The van der Waals surface area contributed by atoms with Crippen LogP contribution >= 0.6 is 35.1 Å². The number of anilines is 1. The van der Waals surface area contributed by atoms with E-state index in [9.17, 15) is 9.59 Å². The number of amides is 1. The minimum absolute atomic E-state index is 0.0307. The lowest BCUT2D eigenvalue weighted by atomic mass is 9.87. The van der Waals surface area contributed by atoms with Crippen LogP contribution in [0.3, 0.4) is 0 Å². The van der Waals surface area contributed by atoms with E-state index in [0.29, 0.717) is 21.6 Å². The number of hydrogen-bond donors (Lipinski definition) is 1. The number of halogens is 1. The van der Waals surface area contributed by atoms with Gasteiger partial charge in [0.05, 0.1) is 22.7 Å². The van der Waals surface area contributed by atoms with E-state index in [0.717, 1.165) is 21.7 Å². The van der Waals surface area contributed by atoms with Crippen molar-refractivity contribution in [2.45, 2.75) is 56.0 Å². The predicted molar refractivity (Wildman–Crippen MR) is 148 cm³/mol. The van der Waals surface area contributed by atoms with Gasteiger partial charge in [-0.25, -0.2) is 4.98 Å². The quantitative estimate of drug-likeness (QED) is 0.288. The number of aromatic amines is 1. The van der Waals surface area contributed by atoms with Crippen molar-refractivity contribution in [1.82, 2.24) is 9.97 Å². The van der Waals surface area contributed by atoms with Crippen molar-refractivity contribution in [2.24, 2.45) is 0 Å². The second kappa shape index (κ2) is 10.2. The van der Waals surface area contributed by atoms with Crippen LogP contribution in [-0.2, 0) is 10.5 Å². The van der Waals surface area contributed by atoms with Crippen LogP contribution in [0.15, 0.2) is 63.4 Å². The van der Waals surface area contributed by atoms with Crippen molar-refractivity contribution in [2.75, 3.05) is 10.7 Å². The number of carbonyl (C=O) groups excluding carboxylic acids is 1. The summed E-state index contributed by atoms with van der Waals surface area (Å²) < 4.78 is 0. The number of hydrogen-bond acceptors (Lipinski definition) is 5. The molecule has 0 unspecified atom stereocenters. The zero-order valence-corrected chi connectivity index (χ0v) is 22.8. The molecule has 1 aliphatic heterocycles. The van der Waals surface area contributed by atoms with E-state index in [1.165, 1.54) is 29.0 Å². The van der Waals surface area contributed by atoms with Crippen LogP contribution in [0.2, 0.25) is 5.02 Å². The maximum absolute atomic E-state index is 13.5. The lowest BCUT2D eigenvalue weighted by Crippen LogP contribution is -2.49. The summed E-state index contributed by atoms with van der Waals surface area (Å²) in [7, 11) is 0. The molecule has 182 valence electrons. The first-order chi connectivity index (χ1) is 16.5. The molecule has 0 saturated carbocycles. The molecule has 5 nitrogen and oxygen atoms in total. The predicted octanol–water partition coefficient (Wildman–Crippen LogP) is 6.65. The van der Waals surface area contributed by atoms with E-state index < -0.39 is 5.54 Å². The minimum Gasteiger partial charge on any atom is -0.302 e. The third kappa shape index (κ3) is 5.85. The summed E-state index contributed by atoms with van der Waals surface area (Å²) in [6, 6.07) is 13.3. The molecule has 0 spiro atoms. The van der Waals surface area contributed by atoms with E-state index >= 15 is 0 Å². The highest BCUT2D eigenvalue weighted by Crippen LogP contribution is 2.40. The van der Waals surface area contributed by atoms with E-state index in [1.54, 1.807) is 11.8 Å². The number of thioether (sulfide) groups is 2. The van der Waals surface area contributed by atoms with Crippen LogP contribution in [0.25, 0.3) is 5.57 Å². The number of aromatic nitrogens is 2. The van der Waals surface area contributed by atoms with Crippen LogP contribution in [0.4, 0.5) is 5.69 Å². The molecule has 8 heteroatoms. The van der Waals surface area contributed by atoms with Gasteiger partial charge in [0, 0.05) is 27.3 Å². The molecule has 0 radical (unpaired) electrons. The van der Waals surface area contributed by atoms with Gasteiger partial charge < -0.3 is 9.88 Å². The summed E-state index contributed by atoms with van der Waals surface area (Å²) in [5, 5.41) is 1.13. The fourth-order valence-corrected chi connectivity index (χ4v) is 5.91. The van der Waals surface area contributed by atoms with Gasteiger partial charge in [-0.2, -0.15) is 0 Å². The molecule has 3 aromatic rings. The SMILES string of the molecule is CC1=CC(C)(C)N(C(=O)CSc2nc(CSc3ccc(Cl)cc3)cc(=O)[nH]2)c2cc(C)c(C)cc21. The summed E-state index contributed by atoms with van der Waals surface area (Å²) in [4.78, 5) is 36.0. The number of benzene rings is 2. The number of carbonyl (C=O) groups is 1. The lowest BCUT2D eigenvalue weighted by Gasteiger charge is -2.42. The Balaban J connectivity index is 1.51. The lowest BCUT2D eigenvalue weighted by molar-refractivity contribution is -0.116. The van der Waals surface area contributed by atoms with Gasteiger partial charge in [-0.1, -0.05) is 29.4 Å². The van der Waals surface area contributed by atoms with E-state index in [1.807, 2.05) is 43.0 Å². The second-order valence-corrected chi connectivity index (χ2v) is 11.7. The highest BCUT2D eigenvalue weighted by Gasteiger charge is 2.36. The van der Waals surface area contributed by atoms with Crippen molar-refractivity contribution >= 4 is 52.3 Å². The number of nitrogens with one attached hydrogen (secondary N) is 1. The summed E-state index contributed by atoms with van der Waals surface area (Å²) in [5.74, 6) is 0.679. The largest absolute Gasteiger partial charge is 0.302 e. The van der Waals surface area contributed by atoms with Gasteiger partial charge in [-0.3, -0.25) is 9.59 Å². The molecule has 2 heterocycles. The molecule has 1 N–H and O–H groups in total. The average molecular weight is 526 g/mol. The van der Waals surface area contributed by atoms with E-state index in [2.05, 4.69) is 48.9 Å². The average Bonchev–Trinajstić information content (AvgIpc) is 2.78. The van der Waals surface area contributed by atoms with Crippen molar-refractivity contribution in [3.63, 3.8) is 0 Å². The van der Waals surface area contributed by atoms with Gasteiger partial charge in [0.1, 0.15) is 0 Å². The molecule has 4 rings (SSSR count). The monoisotopic (exact) mass is 525 g/mol. The molecular weight excluding hydrogens is 498 g/mol. The Bertz CT molecular complexity index is 1360. The highest BCUT2D eigenvalue weighted by molar-refractivity contribution is 7.99. The number of nitrogens with zero attached hydrogens (tertiary/aromatic N) is 2. The first-order valence-corrected chi connectivity index (χ1v) is 13.6. The summed E-state index contributed by atoms with van der Waals surface area (Å²) >= 11 is 8.78. The van der Waals surface area contributed by atoms with Crippen LogP contribution in [0.5, 0.6) is 0 Å². The van der Waals surface area contributed by atoms with Crippen LogP contribution in [-0.4, -0.2) is 27.2 Å². The Hall–Kier alpha value is -2.48. The highest BCUT2D eigenvalue weighted by atomic mass is 35.5. The second-order valence-electron chi connectivity index (χ2n) is 9.24. The molecule has 0 saturated heterocycles. The maximum atomic E-state index is 13.5. The van der Waals surface area contributed by atoms with Gasteiger partial charge >= 0.3 is 0 Å². The molecule has 1 aromatic heterocycles. The molecule has 1 amide bonds. The minimum atomic E-state index is -0.464. The fourth-order valence-electron chi connectivity index (χ4n) is 4.25. The Labute approximate surface area is 219 Å². The third-order valence-electron chi connectivity index (χ3n) is 5.98. The number of allylic oxidation sites excluding steroid dienone is 1. The molecule has 0 bridgehead atoms. The summed E-state index contributed by atoms with van der Waals surface area (Å²) in [6.07, 6.45) is 2.14. The van der Waals surface area contributed by atoms with Gasteiger partial charge in [0.2, 0.25) is 5.91 Å². The van der Waals surface area contributed by atoms with Crippen molar-refractivity contribution in [3.05, 3.63) is 86.3 Å². The Morgan fingerprint density at radius 1 is 1.06 bits per heavy atom. The fraction of sp³-hybridized carbons (Fsp3) is 0.296. The first-order valence-electron chi connectivity index (χ1n) is 11.3. The van der Waals surface area contributed by atoms with Crippen molar-refractivity contribution in [1.29, 1.82) is 0 Å². The van der Waals surface area contributed by atoms with Gasteiger partial charge in [-0.05, 0) is 87.7 Å². The number of rotatable bonds is 6.